The summed E-state index contributed by atoms with van der Waals surface area (Å²) < 4.78 is 24.3. The topological polar surface area (TPSA) is 104 Å². The molecule has 1 saturated heterocycles. The Kier molecular flexibility index (Phi) is 6.85. The van der Waals surface area contributed by atoms with Crippen LogP contribution in [0.15, 0.2) is 11.0 Å². The van der Waals surface area contributed by atoms with Crippen LogP contribution < -0.4 is 10.9 Å². The van der Waals surface area contributed by atoms with Gasteiger partial charge in [-0.3, -0.25) is 19.1 Å². The maximum atomic E-state index is 11.7. The van der Waals surface area contributed by atoms with E-state index in [-0.39, 0.29) is 29.5 Å². The van der Waals surface area contributed by atoms with Crippen LogP contribution in [0.2, 0.25) is 0 Å². The predicted molar refractivity (Wildman–Crippen MR) is 91.0 cm³/mol. The molecule has 0 saturated carbocycles. The first kappa shape index (κ1) is 19.7. The number of aryl methyl sites for hydroxylation is 1. The molecule has 0 radical (unpaired) electrons. The Hall–Kier alpha value is -1.59. The van der Waals surface area contributed by atoms with Gasteiger partial charge in [0.25, 0.3) is 5.56 Å². The number of carbonyl (C=O) groups is 1. The molecule has 0 bridgehead atoms. The molecule has 1 fully saturated rings. The lowest BCUT2D eigenvalue weighted by atomic mass is 10.1. The average Bonchev–Trinajstić information content (AvgIpc) is 2.93. The van der Waals surface area contributed by atoms with Crippen molar-refractivity contribution in [3.8, 4) is 0 Å². The number of nitrogens with one attached hydrogen (secondary N) is 2. The largest absolute Gasteiger partial charge is 0.382 e. The van der Waals surface area contributed by atoms with Crippen molar-refractivity contribution in [1.29, 1.82) is 0 Å². The lowest BCUT2D eigenvalue weighted by Crippen LogP contribution is -2.39. The normalized spacial score (nSPS) is 25.9. The molecule has 0 spiro atoms. The van der Waals surface area contributed by atoms with Crippen molar-refractivity contribution in [3.05, 3.63) is 26.9 Å². The highest BCUT2D eigenvalue weighted by Gasteiger charge is 2.47. The lowest BCUT2D eigenvalue weighted by molar-refractivity contribution is -0.133. The Morgan fingerprint density at radius 2 is 2.16 bits per heavy atom. The van der Waals surface area contributed by atoms with Crippen molar-refractivity contribution in [1.82, 2.24) is 14.9 Å². The molecule has 1 unspecified atom stereocenters. The van der Waals surface area contributed by atoms with Gasteiger partial charge in [0.1, 0.15) is 24.9 Å². The molecule has 2 N–H and O–H groups in total. The number of aromatic amines is 1. The molecule has 9 nitrogen and oxygen atoms in total. The zero-order valence-electron chi connectivity index (χ0n) is 14.6. The maximum Gasteiger partial charge on any atom is 0.254 e. The quantitative estimate of drug-likeness (QED) is 0.644. The van der Waals surface area contributed by atoms with Gasteiger partial charge in [-0.2, -0.15) is 0 Å². The van der Waals surface area contributed by atoms with Crippen LogP contribution in [0.4, 0.5) is 0 Å². The van der Waals surface area contributed by atoms with Crippen molar-refractivity contribution >= 4 is 18.1 Å². The van der Waals surface area contributed by atoms with Gasteiger partial charge < -0.3 is 24.3 Å². The molecule has 25 heavy (non-hydrogen) atoms. The molecule has 1 aliphatic heterocycles. The Bertz CT molecular complexity index is 718. The van der Waals surface area contributed by atoms with E-state index in [1.54, 1.807) is 24.8 Å². The second-order valence-corrected chi connectivity index (χ2v) is 6.03. The summed E-state index contributed by atoms with van der Waals surface area (Å²) in [6.07, 6.45) is -0.561. The predicted octanol–water partition coefficient (Wildman–Crippen LogP) is -0.0957. The minimum absolute atomic E-state index is 0.157. The third-order valence-electron chi connectivity index (χ3n) is 3.99. The highest BCUT2D eigenvalue weighted by Crippen LogP contribution is 2.33. The summed E-state index contributed by atoms with van der Waals surface area (Å²) in [5.74, 6) is -0.273. The van der Waals surface area contributed by atoms with Crippen molar-refractivity contribution < 1.29 is 23.7 Å². The van der Waals surface area contributed by atoms with E-state index in [9.17, 15) is 9.59 Å². The lowest BCUT2D eigenvalue weighted by Gasteiger charge is -2.24. The van der Waals surface area contributed by atoms with E-state index in [2.05, 4.69) is 10.3 Å². The van der Waals surface area contributed by atoms with E-state index < -0.39 is 24.5 Å². The zero-order valence-corrected chi connectivity index (χ0v) is 15.4. The molecular formula is C15H23N3O6S. The summed E-state index contributed by atoms with van der Waals surface area (Å²) in [6, 6.07) is 0. The van der Waals surface area contributed by atoms with Crippen LogP contribution in [0.5, 0.6) is 0 Å². The number of hydrogen-bond acceptors (Lipinski definition) is 7. The minimum atomic E-state index is -0.669. The zero-order chi connectivity index (χ0) is 18.6. The summed E-state index contributed by atoms with van der Waals surface area (Å²) in [6.45, 7) is 1.79. The second kappa shape index (κ2) is 8.68. The smallest absolute Gasteiger partial charge is 0.254 e. The third kappa shape index (κ3) is 4.33. The molecule has 2 rings (SSSR count). The van der Waals surface area contributed by atoms with Crippen molar-refractivity contribution in [3.63, 3.8) is 0 Å². The van der Waals surface area contributed by atoms with Gasteiger partial charge in [-0.25, -0.2) is 0 Å². The highest BCUT2D eigenvalue weighted by atomic mass is 32.1. The molecule has 4 atom stereocenters. The Balaban J connectivity index is 2.37. The molecule has 10 heteroatoms. The van der Waals surface area contributed by atoms with Gasteiger partial charge in [0.2, 0.25) is 5.91 Å². The van der Waals surface area contributed by atoms with Crippen molar-refractivity contribution in [2.75, 3.05) is 34.5 Å². The standard InChI is InChI=1S/C15H23N3O6S/c1-8-5-18(15(25)17-13(8)20)14-12(23-7-10(19)16-2)11(22-4)9(24-14)6-21-3/h5,9,11-12,14H,6-7H2,1-4H3,(H,16,19)(H,17,20,25)/t9-,11?,12+,14-/m1/s1. The van der Waals surface area contributed by atoms with E-state index in [0.29, 0.717) is 5.56 Å². The van der Waals surface area contributed by atoms with Gasteiger partial charge in [-0.1, -0.05) is 0 Å². The first-order chi connectivity index (χ1) is 11.9. The van der Waals surface area contributed by atoms with Crippen LogP contribution in [0.3, 0.4) is 0 Å². The Morgan fingerprint density at radius 3 is 2.76 bits per heavy atom. The SMILES string of the molecule is CNC(=O)CO[C@H]1C(OC)[C@@H](COC)O[C@H]1n1cc(C)c(=O)[nH]c1=S. The van der Waals surface area contributed by atoms with E-state index in [1.165, 1.54) is 14.2 Å². The van der Waals surface area contributed by atoms with E-state index in [4.69, 9.17) is 31.2 Å². The van der Waals surface area contributed by atoms with Gasteiger partial charge in [0.15, 0.2) is 11.0 Å². The summed E-state index contributed by atoms with van der Waals surface area (Å²) in [5, 5.41) is 2.50. The first-order valence-electron chi connectivity index (χ1n) is 7.74. The van der Waals surface area contributed by atoms with Gasteiger partial charge in [-0.05, 0) is 19.1 Å². The minimum Gasteiger partial charge on any atom is -0.382 e. The fourth-order valence-corrected chi connectivity index (χ4v) is 2.96. The highest BCUT2D eigenvalue weighted by molar-refractivity contribution is 7.71. The van der Waals surface area contributed by atoms with Crippen LogP contribution in [0, 0.1) is 11.7 Å². The number of aromatic nitrogens is 2. The fraction of sp³-hybridized carbons (Fsp3) is 0.667. The number of carbonyl (C=O) groups excluding carboxylic acids is 1. The van der Waals surface area contributed by atoms with E-state index >= 15 is 0 Å². The van der Waals surface area contributed by atoms with Gasteiger partial charge >= 0.3 is 0 Å². The first-order valence-corrected chi connectivity index (χ1v) is 8.15. The number of methoxy groups -OCH3 is 2. The van der Waals surface area contributed by atoms with Gasteiger partial charge in [-0.15, -0.1) is 0 Å². The summed E-state index contributed by atoms with van der Waals surface area (Å²) in [4.78, 5) is 25.9. The fourth-order valence-electron chi connectivity index (χ4n) is 2.71. The number of hydrogen-bond donors (Lipinski definition) is 2. The second-order valence-electron chi connectivity index (χ2n) is 5.65. The number of likely N-dealkylation sites (N-methyl/N-ethyl adjacent to an activating group) is 1. The van der Waals surface area contributed by atoms with Crippen molar-refractivity contribution in [2.45, 2.75) is 31.5 Å². The maximum absolute atomic E-state index is 11.7. The average molecular weight is 373 g/mol. The molecule has 1 aliphatic rings. The van der Waals surface area contributed by atoms with Crippen LogP contribution in [0.25, 0.3) is 0 Å². The van der Waals surface area contributed by atoms with Crippen LogP contribution >= 0.6 is 12.2 Å². The molecule has 2 heterocycles. The van der Waals surface area contributed by atoms with Gasteiger partial charge in [0, 0.05) is 33.0 Å². The molecule has 1 amide bonds. The Morgan fingerprint density at radius 1 is 1.44 bits per heavy atom. The summed E-state index contributed by atoms with van der Waals surface area (Å²) >= 11 is 5.25. The number of amides is 1. The monoisotopic (exact) mass is 373 g/mol. The molecule has 1 aromatic rings. The molecular weight excluding hydrogens is 350 g/mol. The number of H-pyrrole nitrogens is 1. The number of ether oxygens (including phenoxy) is 4. The molecule has 1 aromatic heterocycles. The molecule has 140 valence electrons. The van der Waals surface area contributed by atoms with E-state index in [1.807, 2.05) is 0 Å². The van der Waals surface area contributed by atoms with Gasteiger partial charge in [0.05, 0.1) is 6.61 Å². The van der Waals surface area contributed by atoms with Crippen LogP contribution in [0.1, 0.15) is 11.8 Å². The summed E-state index contributed by atoms with van der Waals surface area (Å²) in [5.41, 5.74) is 0.213. The molecule has 0 aromatic carbocycles. The van der Waals surface area contributed by atoms with Crippen LogP contribution in [-0.4, -0.2) is 68.3 Å². The Labute approximate surface area is 150 Å². The van der Waals surface area contributed by atoms with Crippen LogP contribution in [-0.2, 0) is 23.7 Å². The van der Waals surface area contributed by atoms with Crippen molar-refractivity contribution in [2.24, 2.45) is 0 Å². The number of rotatable bonds is 7. The third-order valence-corrected chi connectivity index (χ3v) is 4.31. The number of nitrogens with zero attached hydrogens (tertiary/aromatic N) is 1. The van der Waals surface area contributed by atoms with E-state index in [0.717, 1.165) is 0 Å². The summed E-state index contributed by atoms with van der Waals surface area (Å²) in [7, 11) is 4.61. The molecule has 0 aliphatic carbocycles.